The summed E-state index contributed by atoms with van der Waals surface area (Å²) in [5.74, 6) is 0.725. The summed E-state index contributed by atoms with van der Waals surface area (Å²) in [5.41, 5.74) is 7.66. The molecule has 2 unspecified atom stereocenters. The molecule has 2 aliphatic heterocycles. The van der Waals surface area contributed by atoms with E-state index >= 15 is 0 Å². The van der Waals surface area contributed by atoms with Crippen LogP contribution in [0.5, 0.6) is 5.75 Å². The van der Waals surface area contributed by atoms with E-state index in [2.05, 4.69) is 5.16 Å². The summed E-state index contributed by atoms with van der Waals surface area (Å²) in [6.45, 7) is 3.74. The molecule has 1 fully saturated rings. The Morgan fingerprint density at radius 1 is 1.28 bits per heavy atom. The van der Waals surface area contributed by atoms with E-state index in [1.807, 2.05) is 48.2 Å². The highest BCUT2D eigenvalue weighted by Crippen LogP contribution is 2.38. The van der Waals surface area contributed by atoms with Crippen LogP contribution in [0.25, 0.3) is 0 Å². The van der Waals surface area contributed by atoms with E-state index in [0.29, 0.717) is 44.1 Å². The lowest BCUT2D eigenvalue weighted by Gasteiger charge is -2.35. The molecule has 0 radical (unpaired) electrons. The molecule has 2 aliphatic rings. The van der Waals surface area contributed by atoms with Gasteiger partial charge in [0.15, 0.2) is 5.84 Å². The zero-order valence-electron chi connectivity index (χ0n) is 16.4. The fourth-order valence-corrected chi connectivity index (χ4v) is 3.94. The van der Waals surface area contributed by atoms with Crippen molar-refractivity contribution in [1.29, 1.82) is 0 Å². The molecule has 0 spiro atoms. The van der Waals surface area contributed by atoms with Crippen LogP contribution in [0.4, 0.5) is 0 Å². The number of hydrogen-bond acceptors (Lipinski definition) is 5. The van der Waals surface area contributed by atoms with Gasteiger partial charge in [-0.1, -0.05) is 47.6 Å². The molecule has 29 heavy (non-hydrogen) atoms. The predicted octanol–water partition coefficient (Wildman–Crippen LogP) is 2.67. The molecule has 3 N–H and O–H groups in total. The van der Waals surface area contributed by atoms with Crippen molar-refractivity contribution in [1.82, 2.24) is 4.90 Å². The van der Waals surface area contributed by atoms with E-state index < -0.39 is 5.41 Å². The van der Waals surface area contributed by atoms with Crippen LogP contribution in [0.1, 0.15) is 36.1 Å². The quantitative estimate of drug-likeness (QED) is 0.360. The first-order chi connectivity index (χ1) is 14.0. The molecule has 1 saturated heterocycles. The zero-order chi connectivity index (χ0) is 20.4. The van der Waals surface area contributed by atoms with Crippen LogP contribution in [0.15, 0.2) is 53.7 Å². The highest BCUT2D eigenvalue weighted by molar-refractivity contribution is 5.97. The van der Waals surface area contributed by atoms with Gasteiger partial charge in [0.25, 0.3) is 0 Å². The number of amides is 1. The van der Waals surface area contributed by atoms with Crippen molar-refractivity contribution in [3.8, 4) is 5.75 Å². The van der Waals surface area contributed by atoms with Crippen molar-refractivity contribution in [2.24, 2.45) is 16.3 Å². The van der Waals surface area contributed by atoms with Crippen molar-refractivity contribution < 1.29 is 19.5 Å². The number of rotatable bonds is 3. The van der Waals surface area contributed by atoms with Crippen LogP contribution >= 0.6 is 0 Å². The Morgan fingerprint density at radius 2 is 2.07 bits per heavy atom. The van der Waals surface area contributed by atoms with Gasteiger partial charge in [-0.25, -0.2) is 0 Å². The van der Waals surface area contributed by atoms with Gasteiger partial charge < -0.3 is 25.3 Å². The number of nitrogens with two attached hydrogens (primary N) is 1. The standard InChI is InChI=1S/C22H25N3O4/c1-22(9-10-28-14-22)21(26)25-12-17-8-7-16(20(23)24-27)11-19(17)29-13-18(25)15-5-3-2-4-6-15/h2-8,11,18,27H,9-10,12-14H2,1H3,(H2,23,24). The normalized spacial score (nSPS) is 24.5. The Kier molecular flexibility index (Phi) is 5.15. The second-order valence-electron chi connectivity index (χ2n) is 7.84. The van der Waals surface area contributed by atoms with Crippen molar-refractivity contribution in [3.05, 3.63) is 65.2 Å². The van der Waals surface area contributed by atoms with Crippen molar-refractivity contribution in [2.75, 3.05) is 19.8 Å². The van der Waals surface area contributed by atoms with Gasteiger partial charge in [0, 0.05) is 17.7 Å². The Bertz CT molecular complexity index is 923. The highest BCUT2D eigenvalue weighted by atomic mass is 16.5. The maximum absolute atomic E-state index is 13.6. The number of benzene rings is 2. The minimum atomic E-state index is -0.536. The Labute approximate surface area is 169 Å². The number of hydrogen-bond donors (Lipinski definition) is 2. The average molecular weight is 395 g/mol. The van der Waals surface area contributed by atoms with Gasteiger partial charge in [0.1, 0.15) is 12.4 Å². The third-order valence-corrected chi connectivity index (χ3v) is 5.76. The van der Waals surface area contributed by atoms with Gasteiger partial charge >= 0.3 is 0 Å². The SMILES string of the molecule is CC1(C(=O)N2Cc3ccc(/C(N)=N/O)cc3OCC2c2ccccc2)CCOC1. The third kappa shape index (κ3) is 3.65. The minimum Gasteiger partial charge on any atom is -0.491 e. The number of fused-ring (bicyclic) bond motifs is 1. The molecule has 0 aromatic heterocycles. The molecule has 2 aromatic carbocycles. The Hall–Kier alpha value is -3.06. The number of carbonyl (C=O) groups excluding carboxylic acids is 1. The molecule has 1 amide bonds. The molecule has 7 heteroatoms. The second-order valence-corrected chi connectivity index (χ2v) is 7.84. The van der Waals surface area contributed by atoms with Crippen LogP contribution in [0, 0.1) is 5.41 Å². The molecule has 2 atom stereocenters. The van der Waals surface area contributed by atoms with E-state index in [1.54, 1.807) is 12.1 Å². The van der Waals surface area contributed by atoms with Crippen LogP contribution in [-0.2, 0) is 16.1 Å². The summed E-state index contributed by atoms with van der Waals surface area (Å²) in [5, 5.41) is 12.0. The summed E-state index contributed by atoms with van der Waals surface area (Å²) in [6.07, 6.45) is 0.708. The van der Waals surface area contributed by atoms with E-state index in [9.17, 15) is 4.79 Å². The summed E-state index contributed by atoms with van der Waals surface area (Å²) in [7, 11) is 0. The van der Waals surface area contributed by atoms with Crippen molar-refractivity contribution >= 4 is 11.7 Å². The van der Waals surface area contributed by atoms with Gasteiger partial charge in [-0.2, -0.15) is 0 Å². The summed E-state index contributed by atoms with van der Waals surface area (Å²) < 4.78 is 11.6. The van der Waals surface area contributed by atoms with E-state index in [1.165, 1.54) is 0 Å². The predicted molar refractivity (Wildman–Crippen MR) is 108 cm³/mol. The second kappa shape index (κ2) is 7.75. The monoisotopic (exact) mass is 395 g/mol. The largest absolute Gasteiger partial charge is 0.491 e. The third-order valence-electron chi connectivity index (χ3n) is 5.76. The Balaban J connectivity index is 1.73. The topological polar surface area (TPSA) is 97.4 Å². The lowest BCUT2D eigenvalue weighted by Crippen LogP contribution is -2.45. The van der Waals surface area contributed by atoms with Crippen LogP contribution < -0.4 is 10.5 Å². The van der Waals surface area contributed by atoms with E-state index in [4.69, 9.17) is 20.4 Å². The molecule has 0 aliphatic carbocycles. The van der Waals surface area contributed by atoms with Gasteiger partial charge in [0.05, 0.1) is 24.6 Å². The average Bonchev–Trinajstić information content (AvgIpc) is 3.11. The fourth-order valence-electron chi connectivity index (χ4n) is 3.94. The molecule has 2 aromatic rings. The van der Waals surface area contributed by atoms with Gasteiger partial charge in [-0.3, -0.25) is 4.79 Å². The van der Waals surface area contributed by atoms with Crippen LogP contribution in [0.3, 0.4) is 0 Å². The number of amidine groups is 1. The summed E-state index contributed by atoms with van der Waals surface area (Å²) in [6, 6.07) is 15.1. The maximum Gasteiger partial charge on any atom is 0.231 e. The molecule has 0 bridgehead atoms. The lowest BCUT2D eigenvalue weighted by molar-refractivity contribution is -0.145. The maximum atomic E-state index is 13.6. The van der Waals surface area contributed by atoms with Gasteiger partial charge in [0.2, 0.25) is 5.91 Å². The Morgan fingerprint density at radius 3 is 2.76 bits per heavy atom. The minimum absolute atomic E-state index is 0.0174. The van der Waals surface area contributed by atoms with Crippen LogP contribution in [0.2, 0.25) is 0 Å². The molecular weight excluding hydrogens is 370 g/mol. The first-order valence-corrected chi connectivity index (χ1v) is 9.69. The smallest absolute Gasteiger partial charge is 0.231 e. The van der Waals surface area contributed by atoms with E-state index in [-0.39, 0.29) is 17.8 Å². The first-order valence-electron chi connectivity index (χ1n) is 9.69. The lowest BCUT2D eigenvalue weighted by atomic mass is 9.87. The molecular formula is C22H25N3O4. The molecule has 0 saturated carbocycles. The highest BCUT2D eigenvalue weighted by Gasteiger charge is 2.43. The molecule has 2 heterocycles. The first kappa shape index (κ1) is 19.3. The van der Waals surface area contributed by atoms with Crippen molar-refractivity contribution in [2.45, 2.75) is 25.9 Å². The van der Waals surface area contributed by atoms with Gasteiger partial charge in [-0.05, 0) is 25.0 Å². The summed E-state index contributed by atoms with van der Waals surface area (Å²) >= 11 is 0. The number of nitrogens with zero attached hydrogens (tertiary/aromatic N) is 2. The summed E-state index contributed by atoms with van der Waals surface area (Å²) in [4.78, 5) is 15.5. The molecule has 4 rings (SSSR count). The van der Waals surface area contributed by atoms with Gasteiger partial charge in [-0.15, -0.1) is 0 Å². The number of oxime groups is 1. The van der Waals surface area contributed by atoms with E-state index in [0.717, 1.165) is 11.1 Å². The fraction of sp³-hybridized carbons (Fsp3) is 0.364. The molecule has 7 nitrogen and oxygen atoms in total. The number of ether oxygens (including phenoxy) is 2. The van der Waals surface area contributed by atoms with Crippen molar-refractivity contribution in [3.63, 3.8) is 0 Å². The number of carbonyl (C=O) groups is 1. The zero-order valence-corrected chi connectivity index (χ0v) is 16.4. The molecule has 152 valence electrons. The van der Waals surface area contributed by atoms with Crippen LogP contribution in [-0.4, -0.2) is 41.7 Å².